The highest BCUT2D eigenvalue weighted by atomic mass is 32.2. The van der Waals surface area contributed by atoms with Gasteiger partial charge < -0.3 is 14.5 Å². The maximum atomic E-state index is 12.2. The normalized spacial score (nSPS) is 11.5. The molecule has 8 heteroatoms. The van der Waals surface area contributed by atoms with Crippen molar-refractivity contribution in [1.82, 2.24) is 9.97 Å². The Morgan fingerprint density at radius 1 is 1.20 bits per heavy atom. The van der Waals surface area contributed by atoms with Crippen LogP contribution in [0.15, 0.2) is 45.3 Å². The van der Waals surface area contributed by atoms with Crippen molar-refractivity contribution in [2.45, 2.75) is 50.0 Å². The van der Waals surface area contributed by atoms with Crippen LogP contribution in [0.1, 0.15) is 44.4 Å². The van der Waals surface area contributed by atoms with Crippen molar-refractivity contribution in [3.8, 4) is 5.75 Å². The zero-order chi connectivity index (χ0) is 21.6. The molecule has 1 amide bonds. The SMILES string of the molecule is COc1ccc(CCC(=O)Nc2ncc(SCc3ncc(CC(C)(C)C)o3)s2)cc1. The van der Waals surface area contributed by atoms with Gasteiger partial charge in [0.05, 0.1) is 29.5 Å². The lowest BCUT2D eigenvalue weighted by molar-refractivity contribution is -0.116. The molecule has 30 heavy (non-hydrogen) atoms. The Hall–Kier alpha value is -2.32. The Morgan fingerprint density at radius 2 is 1.97 bits per heavy atom. The van der Waals surface area contributed by atoms with Crippen LogP contribution in [0.25, 0.3) is 0 Å². The summed E-state index contributed by atoms with van der Waals surface area (Å²) in [5.41, 5.74) is 1.26. The van der Waals surface area contributed by atoms with E-state index in [0.717, 1.165) is 27.7 Å². The Bertz CT molecular complexity index is 959. The summed E-state index contributed by atoms with van der Waals surface area (Å²) in [6.45, 7) is 6.52. The molecule has 0 aliphatic carbocycles. The largest absolute Gasteiger partial charge is 0.497 e. The fraction of sp³-hybridized carbons (Fsp3) is 0.409. The zero-order valence-electron chi connectivity index (χ0n) is 17.7. The third-order valence-corrected chi connectivity index (χ3v) is 6.27. The quantitative estimate of drug-likeness (QED) is 0.433. The average molecular weight is 446 g/mol. The van der Waals surface area contributed by atoms with Crippen LogP contribution in [0.4, 0.5) is 5.13 Å². The number of oxazole rings is 1. The van der Waals surface area contributed by atoms with Crippen molar-refractivity contribution in [3.63, 3.8) is 0 Å². The first-order valence-corrected chi connectivity index (χ1v) is 11.6. The van der Waals surface area contributed by atoms with E-state index in [4.69, 9.17) is 9.15 Å². The lowest BCUT2D eigenvalue weighted by atomic mass is 9.91. The molecule has 1 aromatic carbocycles. The van der Waals surface area contributed by atoms with Gasteiger partial charge in [-0.3, -0.25) is 4.79 Å². The summed E-state index contributed by atoms with van der Waals surface area (Å²) in [6.07, 6.45) is 5.51. The van der Waals surface area contributed by atoms with Gasteiger partial charge in [0.15, 0.2) is 5.13 Å². The first-order valence-electron chi connectivity index (χ1n) is 9.76. The topological polar surface area (TPSA) is 77.2 Å². The summed E-state index contributed by atoms with van der Waals surface area (Å²) < 4.78 is 12.0. The van der Waals surface area contributed by atoms with Gasteiger partial charge in [-0.25, -0.2) is 9.97 Å². The number of anilines is 1. The van der Waals surface area contributed by atoms with E-state index >= 15 is 0 Å². The van der Waals surface area contributed by atoms with Crippen molar-refractivity contribution < 1.29 is 13.9 Å². The molecular formula is C22H27N3O3S2. The number of amides is 1. The van der Waals surface area contributed by atoms with E-state index in [2.05, 4.69) is 36.1 Å². The minimum atomic E-state index is -0.0451. The molecule has 0 bridgehead atoms. The second kappa shape index (κ2) is 10.1. The standard InChI is InChI=1S/C22H27N3O3S2/c1-22(2,3)11-17-12-23-19(28-17)14-29-20-13-24-21(30-20)25-18(26)10-7-15-5-8-16(27-4)9-6-15/h5-6,8-9,12-13H,7,10-11,14H2,1-4H3,(H,24,25,26). The maximum absolute atomic E-state index is 12.2. The molecule has 2 heterocycles. The molecular weight excluding hydrogens is 418 g/mol. The molecule has 6 nitrogen and oxygen atoms in total. The van der Waals surface area contributed by atoms with Crippen molar-refractivity contribution >= 4 is 34.1 Å². The molecule has 1 N–H and O–H groups in total. The third kappa shape index (κ3) is 7.18. The molecule has 3 rings (SSSR count). The summed E-state index contributed by atoms with van der Waals surface area (Å²) in [7, 11) is 1.64. The Labute approximate surface area is 185 Å². The molecule has 0 aliphatic heterocycles. The first kappa shape index (κ1) is 22.4. The van der Waals surface area contributed by atoms with Crippen LogP contribution >= 0.6 is 23.1 Å². The zero-order valence-corrected chi connectivity index (χ0v) is 19.4. The summed E-state index contributed by atoms with van der Waals surface area (Å²) in [4.78, 5) is 20.9. The second-order valence-electron chi connectivity index (χ2n) is 8.13. The number of nitrogens with zero attached hydrogens (tertiary/aromatic N) is 2. The number of thioether (sulfide) groups is 1. The summed E-state index contributed by atoms with van der Waals surface area (Å²) >= 11 is 3.06. The number of carbonyl (C=O) groups excluding carboxylic acids is 1. The van der Waals surface area contributed by atoms with Gasteiger partial charge >= 0.3 is 0 Å². The number of aromatic nitrogens is 2. The van der Waals surface area contributed by atoms with Gasteiger partial charge in [-0.15, -0.1) is 11.8 Å². The molecule has 0 saturated heterocycles. The van der Waals surface area contributed by atoms with Crippen LogP contribution in [-0.4, -0.2) is 23.0 Å². The highest BCUT2D eigenvalue weighted by molar-refractivity contribution is 8.00. The molecule has 2 aromatic heterocycles. The van der Waals surface area contributed by atoms with Gasteiger partial charge in [-0.1, -0.05) is 44.2 Å². The minimum absolute atomic E-state index is 0.0451. The molecule has 160 valence electrons. The molecule has 0 radical (unpaired) electrons. The van der Waals surface area contributed by atoms with Gasteiger partial charge in [0.25, 0.3) is 0 Å². The summed E-state index contributed by atoms with van der Waals surface area (Å²) in [6, 6.07) is 7.74. The van der Waals surface area contributed by atoms with E-state index in [1.807, 2.05) is 30.5 Å². The summed E-state index contributed by atoms with van der Waals surface area (Å²) in [5.74, 6) is 3.02. The monoisotopic (exact) mass is 445 g/mol. The number of thiazole rings is 1. The average Bonchev–Trinajstić information content (AvgIpc) is 3.33. The van der Waals surface area contributed by atoms with E-state index in [1.54, 1.807) is 25.1 Å². The van der Waals surface area contributed by atoms with Crippen molar-refractivity contribution in [2.24, 2.45) is 5.41 Å². The number of rotatable bonds is 9. The second-order valence-corrected chi connectivity index (χ2v) is 10.4. The van der Waals surface area contributed by atoms with E-state index in [0.29, 0.717) is 29.6 Å². The van der Waals surface area contributed by atoms with E-state index in [1.165, 1.54) is 11.3 Å². The van der Waals surface area contributed by atoms with Crippen molar-refractivity contribution in [3.05, 3.63) is 53.9 Å². The van der Waals surface area contributed by atoms with Gasteiger partial charge in [0.1, 0.15) is 11.5 Å². The number of methoxy groups -OCH3 is 1. The van der Waals surface area contributed by atoms with Crippen LogP contribution in [0.3, 0.4) is 0 Å². The first-order chi connectivity index (χ1) is 14.3. The van der Waals surface area contributed by atoms with Gasteiger partial charge in [-0.2, -0.15) is 0 Å². The highest BCUT2D eigenvalue weighted by Crippen LogP contribution is 2.31. The number of carbonyl (C=O) groups is 1. The van der Waals surface area contributed by atoms with Crippen LogP contribution in [-0.2, 0) is 23.4 Å². The fourth-order valence-electron chi connectivity index (χ4n) is 2.77. The molecule has 0 spiro atoms. The van der Waals surface area contributed by atoms with Crippen molar-refractivity contribution in [2.75, 3.05) is 12.4 Å². The van der Waals surface area contributed by atoms with Crippen LogP contribution < -0.4 is 10.1 Å². The Morgan fingerprint density at radius 3 is 2.67 bits per heavy atom. The maximum Gasteiger partial charge on any atom is 0.226 e. The van der Waals surface area contributed by atoms with Gasteiger partial charge in [0, 0.05) is 12.8 Å². The van der Waals surface area contributed by atoms with E-state index < -0.39 is 0 Å². The Kier molecular flexibility index (Phi) is 7.55. The highest BCUT2D eigenvalue weighted by Gasteiger charge is 2.15. The van der Waals surface area contributed by atoms with Crippen molar-refractivity contribution in [1.29, 1.82) is 0 Å². The predicted molar refractivity (Wildman–Crippen MR) is 121 cm³/mol. The minimum Gasteiger partial charge on any atom is -0.497 e. The molecule has 0 atom stereocenters. The number of aryl methyl sites for hydroxylation is 1. The number of hydrogen-bond acceptors (Lipinski definition) is 7. The number of nitrogens with one attached hydrogen (secondary N) is 1. The van der Waals surface area contributed by atoms with Crippen LogP contribution in [0.5, 0.6) is 5.75 Å². The lowest BCUT2D eigenvalue weighted by Gasteiger charge is -2.15. The fourth-order valence-corrected chi connectivity index (χ4v) is 4.51. The van der Waals surface area contributed by atoms with Crippen LogP contribution in [0.2, 0.25) is 0 Å². The number of hydrogen-bond donors (Lipinski definition) is 1. The number of benzene rings is 1. The molecule has 0 aliphatic rings. The summed E-state index contributed by atoms with van der Waals surface area (Å²) in [5, 5.41) is 3.48. The smallest absolute Gasteiger partial charge is 0.226 e. The molecule has 0 unspecified atom stereocenters. The Balaban J connectivity index is 1.43. The molecule has 3 aromatic rings. The van der Waals surface area contributed by atoms with Gasteiger partial charge in [-0.05, 0) is 29.5 Å². The molecule has 0 fully saturated rings. The molecule has 0 saturated carbocycles. The lowest BCUT2D eigenvalue weighted by Crippen LogP contribution is -2.11. The predicted octanol–water partition coefficient (Wildman–Crippen LogP) is 5.59. The third-order valence-electron chi connectivity index (χ3n) is 4.17. The van der Waals surface area contributed by atoms with Gasteiger partial charge in [0.2, 0.25) is 11.8 Å². The van der Waals surface area contributed by atoms with Crippen LogP contribution in [0, 0.1) is 5.41 Å². The van der Waals surface area contributed by atoms with E-state index in [-0.39, 0.29) is 11.3 Å². The van der Waals surface area contributed by atoms with E-state index in [9.17, 15) is 4.79 Å². The number of ether oxygens (including phenoxy) is 1.